The number of sulfone groups is 1. The van der Waals surface area contributed by atoms with Gasteiger partial charge in [0.2, 0.25) is 9.84 Å². The molecule has 0 aliphatic heterocycles. The molecule has 0 heterocycles. The van der Waals surface area contributed by atoms with E-state index >= 15 is 0 Å². The molecule has 2 aliphatic rings. The summed E-state index contributed by atoms with van der Waals surface area (Å²) in [5, 5.41) is 0. The van der Waals surface area contributed by atoms with Crippen molar-refractivity contribution in [2.24, 2.45) is 11.8 Å². The van der Waals surface area contributed by atoms with Gasteiger partial charge in [0.1, 0.15) is 0 Å². The summed E-state index contributed by atoms with van der Waals surface area (Å²) >= 11 is 0. The molecule has 2 bridgehead atoms. The summed E-state index contributed by atoms with van der Waals surface area (Å²) in [4.78, 5) is 0.825. The zero-order chi connectivity index (χ0) is 19.1. The molecule has 3 atom stereocenters. The van der Waals surface area contributed by atoms with Crippen molar-refractivity contribution < 1.29 is 8.42 Å². The van der Waals surface area contributed by atoms with Gasteiger partial charge in [-0.15, -0.1) is 0 Å². The molecular weight excluding hydrogens is 364 g/mol. The van der Waals surface area contributed by atoms with Gasteiger partial charge in [-0.2, -0.15) is 0 Å². The van der Waals surface area contributed by atoms with Gasteiger partial charge in [0.25, 0.3) is 0 Å². The van der Waals surface area contributed by atoms with E-state index in [4.69, 9.17) is 0 Å². The second-order valence-electron chi connectivity index (χ2n) is 7.79. The van der Waals surface area contributed by atoms with E-state index in [1.165, 1.54) is 0 Å². The zero-order valence-electron chi connectivity index (χ0n) is 15.5. The molecule has 0 radical (unpaired) electrons. The first-order chi connectivity index (χ1) is 13.6. The van der Waals surface area contributed by atoms with E-state index in [2.05, 4.69) is 30.4 Å². The van der Waals surface area contributed by atoms with Crippen LogP contribution in [0.2, 0.25) is 0 Å². The van der Waals surface area contributed by atoms with Gasteiger partial charge in [0.05, 0.1) is 9.79 Å². The minimum absolute atomic E-state index is 0.250. The van der Waals surface area contributed by atoms with Crippen molar-refractivity contribution in [3.05, 3.63) is 96.6 Å². The molecule has 5 rings (SSSR count). The Hall–Kier alpha value is -2.65. The number of allylic oxidation sites excluding steroid dienone is 2. The summed E-state index contributed by atoms with van der Waals surface area (Å²) in [6, 6.07) is 24.7. The van der Waals surface area contributed by atoms with Gasteiger partial charge in [0.15, 0.2) is 0 Å². The summed E-state index contributed by atoms with van der Waals surface area (Å²) in [6.07, 6.45) is 6.76. The summed E-state index contributed by atoms with van der Waals surface area (Å²) < 4.78 is 27.2. The highest BCUT2D eigenvalue weighted by molar-refractivity contribution is 7.91. The molecule has 0 aromatic heterocycles. The Morgan fingerprint density at radius 1 is 0.714 bits per heavy atom. The van der Waals surface area contributed by atoms with Crippen molar-refractivity contribution in [2.75, 3.05) is 0 Å². The summed E-state index contributed by atoms with van der Waals surface area (Å²) in [6.45, 7) is 0. The predicted molar refractivity (Wildman–Crippen MR) is 112 cm³/mol. The van der Waals surface area contributed by atoms with Crippen LogP contribution in [0.5, 0.6) is 0 Å². The van der Waals surface area contributed by atoms with Gasteiger partial charge in [-0.25, -0.2) is 8.42 Å². The third-order valence-electron chi connectivity index (χ3n) is 6.14. The number of hydrogen-bond donors (Lipinski definition) is 0. The van der Waals surface area contributed by atoms with Gasteiger partial charge in [-0.3, -0.25) is 0 Å². The highest BCUT2D eigenvalue weighted by Gasteiger charge is 2.40. The Morgan fingerprint density at radius 3 is 2.07 bits per heavy atom. The third kappa shape index (κ3) is 2.82. The van der Waals surface area contributed by atoms with Crippen LogP contribution in [0.15, 0.2) is 101 Å². The molecule has 1 saturated carbocycles. The average Bonchev–Trinajstić information content (AvgIpc) is 3.38. The lowest BCUT2D eigenvalue weighted by molar-refractivity contribution is 0.565. The minimum Gasteiger partial charge on any atom is -0.219 e. The molecule has 2 aliphatic carbocycles. The van der Waals surface area contributed by atoms with Gasteiger partial charge in [0, 0.05) is 0 Å². The van der Waals surface area contributed by atoms with Crippen LogP contribution in [0.4, 0.5) is 0 Å². The lowest BCUT2D eigenvalue weighted by atomic mass is 9.82. The topological polar surface area (TPSA) is 34.1 Å². The molecule has 0 saturated heterocycles. The highest BCUT2D eigenvalue weighted by atomic mass is 32.2. The molecule has 3 aromatic carbocycles. The maximum Gasteiger partial charge on any atom is 0.206 e. The van der Waals surface area contributed by atoms with Crippen molar-refractivity contribution >= 4 is 9.84 Å². The number of fused-ring (bicyclic) bond motifs is 2. The molecule has 1 fully saturated rings. The van der Waals surface area contributed by atoms with Gasteiger partial charge in [-0.1, -0.05) is 72.8 Å². The SMILES string of the molecule is O=S(=O)(c1ccccc1)c1cccc(-c2ccccc2)c1C1CC2C=CC1C2. The average molecular weight is 387 g/mol. The highest BCUT2D eigenvalue weighted by Crippen LogP contribution is 2.52. The van der Waals surface area contributed by atoms with E-state index in [0.29, 0.717) is 21.6 Å². The Kier molecular flexibility index (Phi) is 4.21. The van der Waals surface area contributed by atoms with Crippen molar-refractivity contribution in [1.29, 1.82) is 0 Å². The van der Waals surface area contributed by atoms with E-state index in [1.54, 1.807) is 30.3 Å². The van der Waals surface area contributed by atoms with Crippen LogP contribution in [0.1, 0.15) is 24.3 Å². The lowest BCUT2D eigenvalue weighted by Crippen LogP contribution is -2.13. The van der Waals surface area contributed by atoms with Gasteiger partial charge in [-0.05, 0) is 65.5 Å². The summed E-state index contributed by atoms with van der Waals surface area (Å²) in [7, 11) is -3.58. The number of rotatable bonds is 4. The zero-order valence-corrected chi connectivity index (χ0v) is 16.3. The van der Waals surface area contributed by atoms with Crippen LogP contribution in [0, 0.1) is 11.8 Å². The van der Waals surface area contributed by atoms with Crippen molar-refractivity contribution in [3.8, 4) is 11.1 Å². The maximum atomic E-state index is 13.6. The molecule has 0 amide bonds. The fraction of sp³-hybridized carbons (Fsp3) is 0.200. The van der Waals surface area contributed by atoms with Crippen molar-refractivity contribution in [2.45, 2.75) is 28.6 Å². The molecule has 140 valence electrons. The fourth-order valence-electron chi connectivity index (χ4n) is 4.87. The second-order valence-corrected chi connectivity index (χ2v) is 9.70. The molecule has 3 heteroatoms. The maximum absolute atomic E-state index is 13.6. The minimum atomic E-state index is -3.58. The first-order valence-corrected chi connectivity index (χ1v) is 11.3. The molecular formula is C25H22O2S. The van der Waals surface area contributed by atoms with E-state index in [-0.39, 0.29) is 5.92 Å². The van der Waals surface area contributed by atoms with Crippen molar-refractivity contribution in [3.63, 3.8) is 0 Å². The second kappa shape index (κ2) is 6.75. The van der Waals surface area contributed by atoms with E-state index in [1.807, 2.05) is 30.3 Å². The van der Waals surface area contributed by atoms with E-state index < -0.39 is 9.84 Å². The lowest BCUT2D eigenvalue weighted by Gasteiger charge is -2.25. The molecule has 0 N–H and O–H groups in total. The van der Waals surface area contributed by atoms with Gasteiger partial charge >= 0.3 is 0 Å². The van der Waals surface area contributed by atoms with Crippen LogP contribution < -0.4 is 0 Å². The quantitative estimate of drug-likeness (QED) is 0.526. The first kappa shape index (κ1) is 17.4. The molecule has 28 heavy (non-hydrogen) atoms. The van der Waals surface area contributed by atoms with Gasteiger partial charge < -0.3 is 0 Å². The molecule has 2 nitrogen and oxygen atoms in total. The summed E-state index contributed by atoms with van der Waals surface area (Å²) in [5.74, 6) is 1.26. The predicted octanol–water partition coefficient (Wildman–Crippen LogP) is 5.87. The number of benzene rings is 3. The van der Waals surface area contributed by atoms with Crippen LogP contribution in [0.25, 0.3) is 11.1 Å². The number of hydrogen-bond acceptors (Lipinski definition) is 2. The van der Waals surface area contributed by atoms with E-state index in [0.717, 1.165) is 29.5 Å². The fourth-order valence-corrected chi connectivity index (χ4v) is 6.45. The summed E-state index contributed by atoms with van der Waals surface area (Å²) in [5.41, 5.74) is 3.12. The Bertz CT molecular complexity index is 1130. The standard InChI is InChI=1S/C25H22O2S/c26-28(27,21-10-5-2-6-11-21)24-13-7-12-22(19-8-3-1-4-9-19)25(24)23-17-18-14-15-20(23)16-18/h1-15,18,20,23H,16-17H2. The molecule has 3 aromatic rings. The Labute approximate surface area is 166 Å². The third-order valence-corrected chi connectivity index (χ3v) is 7.97. The van der Waals surface area contributed by atoms with E-state index in [9.17, 15) is 8.42 Å². The normalized spacial score (nSPS) is 23.2. The largest absolute Gasteiger partial charge is 0.219 e. The molecule has 0 spiro atoms. The monoisotopic (exact) mass is 386 g/mol. The van der Waals surface area contributed by atoms with Crippen LogP contribution in [-0.2, 0) is 9.84 Å². The first-order valence-electron chi connectivity index (χ1n) is 9.81. The molecule has 3 unspecified atom stereocenters. The van der Waals surface area contributed by atoms with Crippen LogP contribution in [-0.4, -0.2) is 8.42 Å². The Morgan fingerprint density at radius 2 is 1.43 bits per heavy atom. The van der Waals surface area contributed by atoms with Crippen molar-refractivity contribution in [1.82, 2.24) is 0 Å². The van der Waals surface area contributed by atoms with Crippen LogP contribution >= 0.6 is 0 Å². The smallest absolute Gasteiger partial charge is 0.206 e. The Balaban J connectivity index is 1.75. The van der Waals surface area contributed by atoms with Crippen LogP contribution in [0.3, 0.4) is 0 Å².